The third-order valence-electron chi connectivity index (χ3n) is 4.76. The highest BCUT2D eigenvalue weighted by molar-refractivity contribution is 7.47. The average molecular weight is 493 g/mol. The maximum atomic E-state index is 12.8. The summed E-state index contributed by atoms with van der Waals surface area (Å²) >= 11 is 0. The second-order valence-electron chi connectivity index (χ2n) is 10.4. The van der Waals surface area contributed by atoms with Crippen molar-refractivity contribution in [2.45, 2.75) is 85.0 Å². The zero-order valence-electron chi connectivity index (χ0n) is 20.6. The predicted molar refractivity (Wildman–Crippen MR) is 121 cm³/mol. The molecule has 11 nitrogen and oxygen atoms in total. The van der Waals surface area contributed by atoms with Crippen LogP contribution in [0, 0.1) is 12.3 Å². The van der Waals surface area contributed by atoms with Crippen LogP contribution in [0.3, 0.4) is 0 Å². The van der Waals surface area contributed by atoms with Gasteiger partial charge in [-0.15, -0.1) is 0 Å². The Kier molecular flexibility index (Phi) is 8.89. The Bertz CT molecular complexity index is 960. The number of phosphoric ester groups is 1. The fourth-order valence-electron chi connectivity index (χ4n) is 3.57. The molecule has 1 saturated heterocycles. The number of H-pyrrole nitrogens is 1. The van der Waals surface area contributed by atoms with E-state index in [-0.39, 0.29) is 18.6 Å². The van der Waals surface area contributed by atoms with Gasteiger partial charge >= 0.3 is 13.5 Å². The molecule has 2 N–H and O–H groups in total. The van der Waals surface area contributed by atoms with E-state index in [1.54, 1.807) is 27.7 Å². The van der Waals surface area contributed by atoms with Crippen molar-refractivity contribution in [2.24, 2.45) is 5.41 Å². The Morgan fingerprint density at radius 2 is 1.79 bits per heavy atom. The van der Waals surface area contributed by atoms with Gasteiger partial charge in [-0.3, -0.25) is 23.4 Å². The van der Waals surface area contributed by atoms with Crippen molar-refractivity contribution in [3.63, 3.8) is 0 Å². The van der Waals surface area contributed by atoms with Crippen molar-refractivity contribution in [3.05, 3.63) is 32.6 Å². The number of nitrogens with zero attached hydrogens (tertiary/aromatic N) is 1. The van der Waals surface area contributed by atoms with Crippen molar-refractivity contribution >= 4 is 7.82 Å². The van der Waals surface area contributed by atoms with Crippen LogP contribution in [-0.4, -0.2) is 58.7 Å². The molecule has 0 aliphatic carbocycles. The van der Waals surface area contributed by atoms with Gasteiger partial charge in [0.1, 0.15) is 12.2 Å². The molecule has 1 aliphatic heterocycles. The Hall–Kier alpha value is -1.33. The number of aromatic nitrogens is 2. The summed E-state index contributed by atoms with van der Waals surface area (Å²) in [5.41, 5.74) is -2.08. The van der Waals surface area contributed by atoms with Gasteiger partial charge in [-0.05, 0) is 39.5 Å². The molecule has 190 valence electrons. The number of phosphoric acid groups is 1. The Morgan fingerprint density at radius 3 is 2.33 bits per heavy atom. The van der Waals surface area contributed by atoms with Gasteiger partial charge in [0.15, 0.2) is 6.23 Å². The zero-order valence-corrected chi connectivity index (χ0v) is 21.5. The lowest BCUT2D eigenvalue weighted by Gasteiger charge is -2.31. The Labute approximate surface area is 194 Å². The van der Waals surface area contributed by atoms with E-state index in [9.17, 15) is 19.0 Å². The highest BCUT2D eigenvalue weighted by Crippen LogP contribution is 2.52. The molecule has 1 aromatic heterocycles. The number of methoxy groups -OCH3 is 1. The lowest BCUT2D eigenvalue weighted by atomic mass is 9.87. The molecule has 2 rings (SSSR count). The van der Waals surface area contributed by atoms with Crippen LogP contribution in [0.2, 0.25) is 0 Å². The van der Waals surface area contributed by atoms with E-state index in [4.69, 9.17) is 23.3 Å². The maximum absolute atomic E-state index is 12.8. The van der Waals surface area contributed by atoms with Crippen LogP contribution in [0.1, 0.15) is 59.8 Å². The average Bonchev–Trinajstić information content (AvgIpc) is 2.91. The molecule has 1 aromatic rings. The van der Waals surface area contributed by atoms with Crippen molar-refractivity contribution in [1.29, 1.82) is 0 Å². The molecule has 2 heterocycles. The van der Waals surface area contributed by atoms with E-state index in [0.29, 0.717) is 12.0 Å². The molecule has 5 atom stereocenters. The molecule has 1 aliphatic rings. The minimum Gasteiger partial charge on any atom is -0.382 e. The second-order valence-corrected chi connectivity index (χ2v) is 11.7. The van der Waals surface area contributed by atoms with E-state index in [1.807, 2.05) is 20.8 Å². The summed E-state index contributed by atoms with van der Waals surface area (Å²) in [6, 6.07) is 0. The minimum absolute atomic E-state index is 0.121. The molecule has 0 spiro atoms. The predicted octanol–water partition coefficient (Wildman–Crippen LogP) is 2.51. The third-order valence-corrected chi connectivity index (χ3v) is 6.05. The second kappa shape index (κ2) is 10.5. The number of rotatable bonds is 9. The minimum atomic E-state index is -4.53. The van der Waals surface area contributed by atoms with Gasteiger partial charge in [-0.1, -0.05) is 20.8 Å². The van der Waals surface area contributed by atoms with Crippen LogP contribution < -0.4 is 11.2 Å². The number of nitrogens with one attached hydrogen (secondary N) is 1. The van der Waals surface area contributed by atoms with E-state index in [2.05, 4.69) is 4.98 Å². The topological polar surface area (TPSA) is 138 Å². The van der Waals surface area contributed by atoms with Crippen molar-refractivity contribution in [3.8, 4) is 0 Å². The lowest BCUT2D eigenvalue weighted by molar-refractivity contribution is -0.0817. The molecule has 2 unspecified atom stereocenters. The number of ether oxygens (including phenoxy) is 3. The van der Waals surface area contributed by atoms with Crippen molar-refractivity contribution in [2.75, 3.05) is 20.3 Å². The molecular formula is C21H37N2O9P. The largest absolute Gasteiger partial charge is 0.473 e. The highest BCUT2D eigenvalue weighted by atomic mass is 31.2. The van der Waals surface area contributed by atoms with E-state index in [1.165, 1.54) is 17.9 Å². The van der Waals surface area contributed by atoms with Gasteiger partial charge in [0.05, 0.1) is 24.9 Å². The fraction of sp³-hybridized carbons (Fsp3) is 0.810. The standard InChI is InChI=1S/C21H37N2O9P/c1-13-12-23(19(25)22-17(13)24)18-16(29-10-9-28-8)15(14(30-18)11-20(2,3)4)31-33(26,27)32-21(5,6)7/h12,14-16,18H,9-11H2,1-8H3,(H,26,27)(H,22,24,25)/t14-,15+,16?,18-/m1/s1. The third kappa shape index (κ3) is 8.13. The van der Waals surface area contributed by atoms with Gasteiger partial charge in [0, 0.05) is 18.9 Å². The molecule has 12 heteroatoms. The van der Waals surface area contributed by atoms with E-state index >= 15 is 0 Å². The molecular weight excluding hydrogens is 455 g/mol. The van der Waals surface area contributed by atoms with Crippen molar-refractivity contribution < 1.29 is 32.7 Å². The fourth-order valence-corrected chi connectivity index (χ4v) is 4.87. The smallest absolute Gasteiger partial charge is 0.382 e. The monoisotopic (exact) mass is 492 g/mol. The summed E-state index contributed by atoms with van der Waals surface area (Å²) < 4.78 is 42.2. The van der Waals surface area contributed by atoms with Crippen LogP contribution in [0.25, 0.3) is 0 Å². The molecule has 33 heavy (non-hydrogen) atoms. The maximum Gasteiger partial charge on any atom is 0.473 e. The van der Waals surface area contributed by atoms with Crippen LogP contribution in [-0.2, 0) is 27.8 Å². The van der Waals surface area contributed by atoms with Gasteiger partial charge < -0.3 is 19.1 Å². The molecule has 0 amide bonds. The summed E-state index contributed by atoms with van der Waals surface area (Å²) in [6.07, 6.45) is -1.91. The normalized spacial score (nSPS) is 25.8. The molecule has 0 aromatic carbocycles. The van der Waals surface area contributed by atoms with Crippen LogP contribution in [0.5, 0.6) is 0 Å². The van der Waals surface area contributed by atoms with Crippen LogP contribution in [0.15, 0.2) is 15.8 Å². The molecule has 0 saturated carbocycles. The summed E-state index contributed by atoms with van der Waals surface area (Å²) in [7, 11) is -3.02. The number of hydrogen-bond acceptors (Lipinski definition) is 8. The first-order chi connectivity index (χ1) is 15.0. The van der Waals surface area contributed by atoms with Gasteiger partial charge in [0.2, 0.25) is 0 Å². The zero-order chi connectivity index (χ0) is 25.2. The summed E-state index contributed by atoms with van der Waals surface area (Å²) in [4.78, 5) is 37.2. The Balaban J connectivity index is 2.51. The number of hydrogen-bond donors (Lipinski definition) is 2. The van der Waals surface area contributed by atoms with E-state index < -0.39 is 49.2 Å². The quantitative estimate of drug-likeness (QED) is 0.393. The lowest BCUT2D eigenvalue weighted by Crippen LogP contribution is -2.41. The summed E-state index contributed by atoms with van der Waals surface area (Å²) in [5, 5.41) is 0. The molecule has 1 fully saturated rings. The van der Waals surface area contributed by atoms with Crippen LogP contribution in [0.4, 0.5) is 0 Å². The van der Waals surface area contributed by atoms with Gasteiger partial charge in [0.25, 0.3) is 5.56 Å². The van der Waals surface area contributed by atoms with Gasteiger partial charge in [-0.25, -0.2) is 9.36 Å². The highest BCUT2D eigenvalue weighted by Gasteiger charge is 2.51. The van der Waals surface area contributed by atoms with Crippen LogP contribution >= 0.6 is 7.82 Å². The van der Waals surface area contributed by atoms with E-state index in [0.717, 1.165) is 0 Å². The first kappa shape index (κ1) is 27.9. The molecule has 0 bridgehead atoms. The molecule has 0 radical (unpaired) electrons. The SMILES string of the molecule is COCCOC1[C@@H](OP(=O)(O)OC(C)(C)C)[C@@H](CC(C)(C)C)O[C@H]1n1cc(C)c(=O)[nH]c1=O. The van der Waals surface area contributed by atoms with Gasteiger partial charge in [-0.2, -0.15) is 0 Å². The summed E-state index contributed by atoms with van der Waals surface area (Å²) in [6.45, 7) is 12.8. The first-order valence-corrected chi connectivity index (χ1v) is 12.3. The number of aromatic amines is 1. The Morgan fingerprint density at radius 1 is 1.15 bits per heavy atom. The summed E-state index contributed by atoms with van der Waals surface area (Å²) in [5.74, 6) is 0. The number of aryl methyl sites for hydroxylation is 1. The first-order valence-electron chi connectivity index (χ1n) is 10.8. The van der Waals surface area contributed by atoms with Crippen molar-refractivity contribution in [1.82, 2.24) is 9.55 Å².